The molecule has 0 saturated heterocycles. The van der Waals surface area contributed by atoms with Gasteiger partial charge in [0.05, 0.1) is 10.6 Å². The third kappa shape index (κ3) is 4.31. The summed E-state index contributed by atoms with van der Waals surface area (Å²) in [6, 6.07) is 16.6. The van der Waals surface area contributed by atoms with Crippen LogP contribution in [-0.2, 0) is 0 Å². The molecule has 1 aromatic heterocycles. The Labute approximate surface area is 148 Å². The Morgan fingerprint density at radius 3 is 2.58 bits per heavy atom. The number of nitro groups is 1. The van der Waals surface area contributed by atoms with Gasteiger partial charge in [-0.2, -0.15) is 0 Å². The lowest BCUT2D eigenvalue weighted by molar-refractivity contribution is -0.384. The predicted molar refractivity (Wildman–Crippen MR) is 100 cm³/mol. The molecule has 24 heavy (non-hydrogen) atoms. The van der Waals surface area contributed by atoms with E-state index < -0.39 is 4.92 Å². The van der Waals surface area contributed by atoms with Crippen molar-refractivity contribution in [2.45, 2.75) is 4.34 Å². The number of thioether (sulfide) groups is 1. The highest BCUT2D eigenvalue weighted by atomic mass is 32.2. The van der Waals surface area contributed by atoms with Crippen LogP contribution in [0.4, 0.5) is 5.69 Å². The molecule has 3 rings (SSSR count). The maximum absolute atomic E-state index is 10.7. The third-order valence-corrected chi connectivity index (χ3v) is 5.24. The fourth-order valence-corrected chi connectivity index (χ4v) is 3.75. The van der Waals surface area contributed by atoms with E-state index in [0.717, 1.165) is 21.3 Å². The second-order valence-electron chi connectivity index (χ2n) is 4.93. The molecule has 0 aliphatic heterocycles. The molecule has 0 atom stereocenters. The van der Waals surface area contributed by atoms with Crippen LogP contribution in [0.15, 0.2) is 70.4 Å². The third-order valence-electron chi connectivity index (χ3n) is 3.27. The lowest BCUT2D eigenvalue weighted by atomic mass is 10.1. The van der Waals surface area contributed by atoms with Crippen molar-refractivity contribution in [3.8, 4) is 11.3 Å². The van der Waals surface area contributed by atoms with Crippen LogP contribution in [0.3, 0.4) is 0 Å². The van der Waals surface area contributed by atoms with Crippen LogP contribution in [0.25, 0.3) is 17.3 Å². The van der Waals surface area contributed by atoms with E-state index in [1.165, 1.54) is 17.7 Å². The molecule has 0 amide bonds. The first kappa shape index (κ1) is 16.4. The van der Waals surface area contributed by atoms with E-state index in [-0.39, 0.29) is 5.69 Å². The summed E-state index contributed by atoms with van der Waals surface area (Å²) in [6.07, 6.45) is 4.21. The number of nitrogens with zero attached hydrogens (tertiary/aromatic N) is 2. The molecule has 1 heterocycles. The molecule has 0 N–H and O–H groups in total. The van der Waals surface area contributed by atoms with Crippen LogP contribution in [0.2, 0.25) is 0 Å². The van der Waals surface area contributed by atoms with Crippen molar-refractivity contribution in [3.05, 3.63) is 81.7 Å². The summed E-state index contributed by atoms with van der Waals surface area (Å²) in [5.74, 6) is 0.849. The Balaban J connectivity index is 1.59. The highest BCUT2D eigenvalue weighted by Gasteiger charge is 2.08. The van der Waals surface area contributed by atoms with E-state index in [1.807, 2.05) is 23.6 Å². The molecule has 4 nitrogen and oxygen atoms in total. The number of thiazole rings is 1. The summed E-state index contributed by atoms with van der Waals surface area (Å²) in [6.45, 7) is 0. The summed E-state index contributed by atoms with van der Waals surface area (Å²) >= 11 is 3.26. The van der Waals surface area contributed by atoms with Gasteiger partial charge in [-0.1, -0.05) is 54.2 Å². The van der Waals surface area contributed by atoms with Crippen molar-refractivity contribution in [3.63, 3.8) is 0 Å². The summed E-state index contributed by atoms with van der Waals surface area (Å²) in [5.41, 5.74) is 3.02. The maximum Gasteiger partial charge on any atom is 0.269 e. The summed E-state index contributed by atoms with van der Waals surface area (Å²) in [7, 11) is 0. The minimum atomic E-state index is -0.398. The van der Waals surface area contributed by atoms with Crippen LogP contribution >= 0.6 is 23.1 Å². The van der Waals surface area contributed by atoms with Gasteiger partial charge in [0.25, 0.3) is 5.69 Å². The second-order valence-corrected chi connectivity index (χ2v) is 7.05. The SMILES string of the molecule is O=[N+]([O-])c1ccc(-c2csc(SC/C=C/c3ccccc3)n2)cc1. The van der Waals surface area contributed by atoms with E-state index in [1.54, 1.807) is 35.2 Å². The number of aromatic nitrogens is 1. The molecule has 0 spiro atoms. The van der Waals surface area contributed by atoms with Crippen molar-refractivity contribution < 1.29 is 4.92 Å². The molecule has 0 fully saturated rings. The van der Waals surface area contributed by atoms with Crippen LogP contribution in [0.5, 0.6) is 0 Å². The molecule has 0 aliphatic carbocycles. The molecule has 0 bridgehead atoms. The molecule has 2 aromatic carbocycles. The average Bonchev–Trinajstić information content (AvgIpc) is 3.09. The van der Waals surface area contributed by atoms with Gasteiger partial charge in [-0.3, -0.25) is 10.1 Å². The number of non-ortho nitro benzene ring substituents is 1. The Bertz CT molecular complexity index is 843. The molecule has 120 valence electrons. The van der Waals surface area contributed by atoms with Gasteiger partial charge in [-0.15, -0.1) is 11.3 Å². The minimum Gasteiger partial charge on any atom is -0.258 e. The van der Waals surface area contributed by atoms with Gasteiger partial charge in [-0.25, -0.2) is 4.98 Å². The molecule has 0 aliphatic rings. The number of hydrogen-bond donors (Lipinski definition) is 0. The topological polar surface area (TPSA) is 56.0 Å². The Kier molecular flexibility index (Phi) is 5.40. The van der Waals surface area contributed by atoms with E-state index in [2.05, 4.69) is 29.3 Å². The monoisotopic (exact) mass is 354 g/mol. The van der Waals surface area contributed by atoms with E-state index >= 15 is 0 Å². The van der Waals surface area contributed by atoms with Gasteiger partial charge in [0.15, 0.2) is 4.34 Å². The van der Waals surface area contributed by atoms with Crippen LogP contribution in [-0.4, -0.2) is 15.7 Å². The smallest absolute Gasteiger partial charge is 0.258 e. The van der Waals surface area contributed by atoms with Gasteiger partial charge in [-0.05, 0) is 17.7 Å². The van der Waals surface area contributed by atoms with Crippen molar-refractivity contribution in [2.75, 3.05) is 5.75 Å². The zero-order chi connectivity index (χ0) is 16.8. The molecule has 3 aromatic rings. The number of nitro benzene ring substituents is 1. The highest BCUT2D eigenvalue weighted by molar-refractivity contribution is 8.01. The van der Waals surface area contributed by atoms with Crippen molar-refractivity contribution in [1.29, 1.82) is 0 Å². The van der Waals surface area contributed by atoms with Gasteiger partial charge in [0.2, 0.25) is 0 Å². The number of rotatable bonds is 6. The second kappa shape index (κ2) is 7.90. The van der Waals surface area contributed by atoms with Gasteiger partial charge >= 0.3 is 0 Å². The first-order valence-corrected chi connectivity index (χ1v) is 9.13. The van der Waals surface area contributed by atoms with Crippen molar-refractivity contribution in [2.24, 2.45) is 0 Å². The lowest BCUT2D eigenvalue weighted by Crippen LogP contribution is -1.87. The molecular formula is C18H14N2O2S2. The van der Waals surface area contributed by atoms with Crippen molar-refractivity contribution in [1.82, 2.24) is 4.98 Å². The molecule has 0 saturated carbocycles. The molecule has 6 heteroatoms. The molecule has 0 unspecified atom stereocenters. The number of benzene rings is 2. The average molecular weight is 354 g/mol. The number of hydrogen-bond acceptors (Lipinski definition) is 5. The Morgan fingerprint density at radius 2 is 1.88 bits per heavy atom. The lowest BCUT2D eigenvalue weighted by Gasteiger charge is -1.96. The first-order chi connectivity index (χ1) is 11.7. The van der Waals surface area contributed by atoms with Crippen LogP contribution < -0.4 is 0 Å². The van der Waals surface area contributed by atoms with Gasteiger partial charge < -0.3 is 0 Å². The highest BCUT2D eigenvalue weighted by Crippen LogP contribution is 2.29. The van der Waals surface area contributed by atoms with Crippen LogP contribution in [0, 0.1) is 10.1 Å². The fourth-order valence-electron chi connectivity index (χ4n) is 2.08. The summed E-state index contributed by atoms with van der Waals surface area (Å²) in [4.78, 5) is 14.9. The fraction of sp³-hybridized carbons (Fsp3) is 0.0556. The van der Waals surface area contributed by atoms with Crippen molar-refractivity contribution >= 4 is 34.9 Å². The molecule has 0 radical (unpaired) electrons. The predicted octanol–water partition coefficient (Wildman–Crippen LogP) is 5.52. The van der Waals surface area contributed by atoms with Gasteiger partial charge in [0, 0.05) is 28.8 Å². The largest absolute Gasteiger partial charge is 0.269 e. The zero-order valence-electron chi connectivity index (χ0n) is 12.7. The first-order valence-electron chi connectivity index (χ1n) is 7.27. The minimum absolute atomic E-state index is 0.0922. The Hall–Kier alpha value is -2.44. The normalized spacial score (nSPS) is 11.0. The standard InChI is InChI=1S/C18H14N2O2S2/c21-20(22)16-10-8-15(9-11-16)17-13-24-18(19-17)23-12-4-7-14-5-2-1-3-6-14/h1-11,13H,12H2/b7-4+. The van der Waals surface area contributed by atoms with Crippen LogP contribution in [0.1, 0.15) is 5.56 Å². The van der Waals surface area contributed by atoms with E-state index in [4.69, 9.17) is 0 Å². The summed E-state index contributed by atoms with van der Waals surface area (Å²) in [5, 5.41) is 12.7. The van der Waals surface area contributed by atoms with E-state index in [0.29, 0.717) is 0 Å². The Morgan fingerprint density at radius 1 is 1.12 bits per heavy atom. The van der Waals surface area contributed by atoms with Gasteiger partial charge in [0.1, 0.15) is 0 Å². The maximum atomic E-state index is 10.7. The summed E-state index contributed by atoms with van der Waals surface area (Å²) < 4.78 is 0.987. The van der Waals surface area contributed by atoms with E-state index in [9.17, 15) is 10.1 Å². The quantitative estimate of drug-likeness (QED) is 0.332. The molecular weight excluding hydrogens is 340 g/mol. The zero-order valence-corrected chi connectivity index (χ0v) is 14.3.